The quantitative estimate of drug-likeness (QED) is 0.766. The first-order valence-electron chi connectivity index (χ1n) is 7.65. The summed E-state index contributed by atoms with van der Waals surface area (Å²) in [4.78, 5) is 26.9. The zero-order valence-corrected chi connectivity index (χ0v) is 12.6. The summed E-state index contributed by atoms with van der Waals surface area (Å²) in [6, 6.07) is 0.230. The molecular formula is C14H25N3O4. The Balaban J connectivity index is 1.72. The van der Waals surface area contributed by atoms with Gasteiger partial charge >= 0.3 is 12.0 Å². The molecule has 0 aromatic carbocycles. The van der Waals surface area contributed by atoms with Crippen LogP contribution in [0, 0.1) is 0 Å². The van der Waals surface area contributed by atoms with Gasteiger partial charge in [-0.2, -0.15) is 0 Å². The van der Waals surface area contributed by atoms with Gasteiger partial charge in [0.15, 0.2) is 0 Å². The third-order valence-corrected chi connectivity index (χ3v) is 4.17. The monoisotopic (exact) mass is 299 g/mol. The summed E-state index contributed by atoms with van der Waals surface area (Å²) in [7, 11) is 0. The smallest absolute Gasteiger partial charge is 0.317 e. The molecule has 2 N–H and O–H groups in total. The summed E-state index contributed by atoms with van der Waals surface area (Å²) in [5, 5.41) is 11.5. The van der Waals surface area contributed by atoms with Gasteiger partial charge in [-0.1, -0.05) is 0 Å². The predicted molar refractivity (Wildman–Crippen MR) is 77.2 cm³/mol. The van der Waals surface area contributed by atoms with Crippen LogP contribution in [0.25, 0.3) is 0 Å². The molecule has 7 nitrogen and oxygen atoms in total. The van der Waals surface area contributed by atoms with E-state index in [4.69, 9.17) is 9.84 Å². The second-order valence-corrected chi connectivity index (χ2v) is 5.82. The van der Waals surface area contributed by atoms with Gasteiger partial charge in [0.2, 0.25) is 0 Å². The maximum atomic E-state index is 12.2. The largest absolute Gasteiger partial charge is 0.481 e. The Morgan fingerprint density at radius 3 is 2.71 bits per heavy atom. The van der Waals surface area contributed by atoms with E-state index in [9.17, 15) is 9.59 Å². The summed E-state index contributed by atoms with van der Waals surface area (Å²) >= 11 is 0. The number of aliphatic carboxylic acids is 1. The van der Waals surface area contributed by atoms with Crippen LogP contribution in [0.3, 0.4) is 0 Å². The maximum absolute atomic E-state index is 12.2. The number of carbonyl (C=O) groups excluding carboxylic acids is 1. The number of carboxylic acid groups (broad SMARTS) is 1. The Morgan fingerprint density at radius 1 is 1.33 bits per heavy atom. The molecule has 0 radical (unpaired) electrons. The average molecular weight is 299 g/mol. The third-order valence-electron chi connectivity index (χ3n) is 4.17. The molecule has 2 rings (SSSR count). The Labute approximate surface area is 125 Å². The number of likely N-dealkylation sites (tertiary alicyclic amines) is 1. The number of carbonyl (C=O) groups is 2. The lowest BCUT2D eigenvalue weighted by Crippen LogP contribution is -2.47. The average Bonchev–Trinajstić information content (AvgIpc) is 2.96. The molecule has 2 amide bonds. The van der Waals surface area contributed by atoms with Gasteiger partial charge in [0, 0.05) is 44.7 Å². The molecule has 2 unspecified atom stereocenters. The van der Waals surface area contributed by atoms with E-state index < -0.39 is 5.97 Å². The minimum Gasteiger partial charge on any atom is -0.481 e. The van der Waals surface area contributed by atoms with Crippen molar-refractivity contribution in [2.24, 2.45) is 0 Å². The minimum atomic E-state index is -0.829. The van der Waals surface area contributed by atoms with Crippen molar-refractivity contribution in [2.45, 2.75) is 38.3 Å². The van der Waals surface area contributed by atoms with Crippen molar-refractivity contribution in [3.63, 3.8) is 0 Å². The van der Waals surface area contributed by atoms with Gasteiger partial charge in [0.25, 0.3) is 0 Å². The minimum absolute atomic E-state index is 0.0800. The summed E-state index contributed by atoms with van der Waals surface area (Å²) in [5.74, 6) is -0.829. The SMILES string of the molecule is CC(CCC(=O)O)NC(=O)N1CCC(N2CCOCC2)C1. The highest BCUT2D eigenvalue weighted by atomic mass is 16.5. The van der Waals surface area contributed by atoms with Gasteiger partial charge in [-0.05, 0) is 19.8 Å². The van der Waals surface area contributed by atoms with Gasteiger partial charge in [-0.25, -0.2) is 4.79 Å². The highest BCUT2D eigenvalue weighted by molar-refractivity contribution is 5.75. The highest BCUT2D eigenvalue weighted by Crippen LogP contribution is 2.17. The van der Waals surface area contributed by atoms with E-state index in [0.717, 1.165) is 45.8 Å². The Kier molecular flexibility index (Phi) is 5.81. The molecule has 0 saturated carbocycles. The summed E-state index contributed by atoms with van der Waals surface area (Å²) in [6.07, 6.45) is 1.54. The van der Waals surface area contributed by atoms with E-state index in [0.29, 0.717) is 12.5 Å². The van der Waals surface area contributed by atoms with Gasteiger partial charge < -0.3 is 20.1 Å². The summed E-state index contributed by atoms with van der Waals surface area (Å²) < 4.78 is 5.35. The molecule has 0 aliphatic carbocycles. The van der Waals surface area contributed by atoms with Crippen molar-refractivity contribution in [3.05, 3.63) is 0 Å². The third kappa shape index (κ3) is 4.86. The molecule has 0 aromatic heterocycles. The Bertz CT molecular complexity index is 371. The molecule has 2 aliphatic rings. The molecule has 0 aromatic rings. The first-order valence-corrected chi connectivity index (χ1v) is 7.65. The second kappa shape index (κ2) is 7.61. The van der Waals surface area contributed by atoms with Crippen LogP contribution < -0.4 is 5.32 Å². The molecule has 2 aliphatic heterocycles. The van der Waals surface area contributed by atoms with E-state index in [1.165, 1.54) is 0 Å². The fourth-order valence-corrected chi connectivity index (χ4v) is 2.88. The number of nitrogens with zero attached hydrogens (tertiary/aromatic N) is 2. The molecule has 2 saturated heterocycles. The van der Waals surface area contributed by atoms with Crippen molar-refractivity contribution in [1.29, 1.82) is 0 Å². The lowest BCUT2D eigenvalue weighted by molar-refractivity contribution is -0.137. The first kappa shape index (κ1) is 16.0. The molecule has 2 atom stereocenters. The lowest BCUT2D eigenvalue weighted by atomic mass is 10.2. The van der Waals surface area contributed by atoms with E-state index in [-0.39, 0.29) is 18.5 Å². The normalized spacial score (nSPS) is 24.8. The van der Waals surface area contributed by atoms with E-state index in [2.05, 4.69) is 10.2 Å². The molecule has 0 spiro atoms. The van der Waals surface area contributed by atoms with Crippen LogP contribution in [0.4, 0.5) is 4.79 Å². The number of amides is 2. The van der Waals surface area contributed by atoms with Crippen LogP contribution in [-0.4, -0.2) is 78.4 Å². The van der Waals surface area contributed by atoms with E-state index in [1.54, 1.807) is 0 Å². The first-order chi connectivity index (χ1) is 10.1. The van der Waals surface area contributed by atoms with Crippen molar-refractivity contribution in [2.75, 3.05) is 39.4 Å². The number of hydrogen-bond acceptors (Lipinski definition) is 4. The van der Waals surface area contributed by atoms with Crippen LogP contribution >= 0.6 is 0 Å². The van der Waals surface area contributed by atoms with Crippen molar-refractivity contribution in [3.8, 4) is 0 Å². The summed E-state index contributed by atoms with van der Waals surface area (Å²) in [6.45, 7) is 6.78. The highest BCUT2D eigenvalue weighted by Gasteiger charge is 2.31. The molecule has 0 bridgehead atoms. The van der Waals surface area contributed by atoms with Crippen LogP contribution in [0.2, 0.25) is 0 Å². The van der Waals surface area contributed by atoms with Crippen LogP contribution in [0.15, 0.2) is 0 Å². The number of urea groups is 1. The Hall–Kier alpha value is -1.34. The lowest BCUT2D eigenvalue weighted by Gasteiger charge is -2.32. The zero-order valence-electron chi connectivity index (χ0n) is 12.6. The van der Waals surface area contributed by atoms with Crippen molar-refractivity contribution in [1.82, 2.24) is 15.1 Å². The second-order valence-electron chi connectivity index (χ2n) is 5.82. The van der Waals surface area contributed by atoms with Gasteiger partial charge in [0.1, 0.15) is 0 Å². The van der Waals surface area contributed by atoms with Crippen molar-refractivity contribution < 1.29 is 19.4 Å². The molecular weight excluding hydrogens is 274 g/mol. The van der Waals surface area contributed by atoms with E-state index >= 15 is 0 Å². The number of ether oxygens (including phenoxy) is 1. The standard InChI is InChI=1S/C14H25N3O4/c1-11(2-3-13(18)19)15-14(20)17-5-4-12(10-17)16-6-8-21-9-7-16/h11-12H,2-10H2,1H3,(H,15,20)(H,18,19). The van der Waals surface area contributed by atoms with Crippen LogP contribution in [0.1, 0.15) is 26.2 Å². The summed E-state index contributed by atoms with van der Waals surface area (Å²) in [5.41, 5.74) is 0. The van der Waals surface area contributed by atoms with Crippen LogP contribution in [-0.2, 0) is 9.53 Å². The molecule has 7 heteroatoms. The zero-order chi connectivity index (χ0) is 15.2. The van der Waals surface area contributed by atoms with Gasteiger partial charge in [-0.3, -0.25) is 9.69 Å². The maximum Gasteiger partial charge on any atom is 0.317 e. The Morgan fingerprint density at radius 2 is 2.05 bits per heavy atom. The topological polar surface area (TPSA) is 82.1 Å². The fraction of sp³-hybridized carbons (Fsp3) is 0.857. The number of rotatable bonds is 5. The number of hydrogen-bond donors (Lipinski definition) is 2. The van der Waals surface area contributed by atoms with Crippen LogP contribution in [0.5, 0.6) is 0 Å². The number of carboxylic acids is 1. The van der Waals surface area contributed by atoms with Gasteiger partial charge in [0.05, 0.1) is 13.2 Å². The number of nitrogens with one attached hydrogen (secondary N) is 1. The molecule has 120 valence electrons. The van der Waals surface area contributed by atoms with Crippen molar-refractivity contribution >= 4 is 12.0 Å². The molecule has 21 heavy (non-hydrogen) atoms. The predicted octanol–water partition coefficient (Wildman–Crippen LogP) is 0.356. The molecule has 2 fully saturated rings. The van der Waals surface area contributed by atoms with E-state index in [1.807, 2.05) is 11.8 Å². The number of morpholine rings is 1. The molecule has 2 heterocycles. The van der Waals surface area contributed by atoms with Gasteiger partial charge in [-0.15, -0.1) is 0 Å². The fourth-order valence-electron chi connectivity index (χ4n) is 2.88.